The highest BCUT2D eigenvalue weighted by atomic mass is 16.2. The van der Waals surface area contributed by atoms with Crippen LogP contribution in [0.25, 0.3) is 10.8 Å². The van der Waals surface area contributed by atoms with Gasteiger partial charge in [-0.2, -0.15) is 0 Å². The highest BCUT2D eigenvalue weighted by molar-refractivity contribution is 5.98. The number of nitrogens with zero attached hydrogens (tertiary/aromatic N) is 1. The number of amides is 1. The van der Waals surface area contributed by atoms with E-state index in [9.17, 15) is 4.79 Å². The molecule has 1 saturated heterocycles. The summed E-state index contributed by atoms with van der Waals surface area (Å²) in [7, 11) is 0. The highest BCUT2D eigenvalue weighted by Crippen LogP contribution is 2.22. The summed E-state index contributed by atoms with van der Waals surface area (Å²) in [5.74, 6) is 0.718. The fourth-order valence-corrected chi connectivity index (χ4v) is 3.23. The Morgan fingerprint density at radius 1 is 1.19 bits per heavy atom. The van der Waals surface area contributed by atoms with Crippen LogP contribution >= 0.6 is 0 Å². The lowest BCUT2D eigenvalue weighted by Gasteiger charge is -2.32. The Morgan fingerprint density at radius 2 is 2.00 bits per heavy atom. The Kier molecular flexibility index (Phi) is 4.20. The summed E-state index contributed by atoms with van der Waals surface area (Å²) in [5.41, 5.74) is 6.44. The van der Waals surface area contributed by atoms with E-state index in [1.165, 1.54) is 11.8 Å². The second-order valence-corrected chi connectivity index (χ2v) is 5.90. The van der Waals surface area contributed by atoms with Crippen molar-refractivity contribution < 1.29 is 4.79 Å². The number of nitrogens with two attached hydrogens (primary N) is 1. The third-order valence-electron chi connectivity index (χ3n) is 4.38. The summed E-state index contributed by atoms with van der Waals surface area (Å²) in [4.78, 5) is 14.7. The molecule has 110 valence electrons. The topological polar surface area (TPSA) is 46.3 Å². The zero-order chi connectivity index (χ0) is 14.7. The van der Waals surface area contributed by atoms with Crippen molar-refractivity contribution in [2.75, 3.05) is 19.6 Å². The third kappa shape index (κ3) is 3.08. The molecule has 1 unspecified atom stereocenters. The maximum Gasteiger partial charge on any atom is 0.253 e. The summed E-state index contributed by atoms with van der Waals surface area (Å²) < 4.78 is 0. The molecule has 2 aromatic carbocycles. The maximum absolute atomic E-state index is 12.7. The number of hydrogen-bond donors (Lipinski definition) is 1. The zero-order valence-electron chi connectivity index (χ0n) is 12.3. The van der Waals surface area contributed by atoms with E-state index in [1.54, 1.807) is 0 Å². The van der Waals surface area contributed by atoms with Crippen LogP contribution in [0.3, 0.4) is 0 Å². The van der Waals surface area contributed by atoms with Crippen molar-refractivity contribution >= 4 is 16.7 Å². The van der Waals surface area contributed by atoms with Crippen molar-refractivity contribution in [2.24, 2.45) is 11.7 Å². The van der Waals surface area contributed by atoms with Crippen LogP contribution in [-0.4, -0.2) is 30.4 Å². The highest BCUT2D eigenvalue weighted by Gasteiger charge is 2.24. The van der Waals surface area contributed by atoms with Gasteiger partial charge in [0.1, 0.15) is 0 Å². The summed E-state index contributed by atoms with van der Waals surface area (Å²) in [5, 5.41) is 2.30. The van der Waals surface area contributed by atoms with Gasteiger partial charge in [0.25, 0.3) is 5.91 Å². The van der Waals surface area contributed by atoms with E-state index in [2.05, 4.69) is 12.1 Å². The summed E-state index contributed by atoms with van der Waals surface area (Å²) in [6, 6.07) is 14.1. The average Bonchev–Trinajstić information content (AvgIpc) is 2.54. The predicted octanol–water partition coefficient (Wildman–Crippen LogP) is 3.04. The largest absolute Gasteiger partial charge is 0.338 e. The molecule has 1 fully saturated rings. The molecule has 1 heterocycles. The monoisotopic (exact) mass is 282 g/mol. The van der Waals surface area contributed by atoms with Crippen molar-refractivity contribution in [1.29, 1.82) is 0 Å². The Hall–Kier alpha value is -1.87. The van der Waals surface area contributed by atoms with E-state index < -0.39 is 0 Å². The average molecular weight is 282 g/mol. The minimum Gasteiger partial charge on any atom is -0.338 e. The van der Waals surface area contributed by atoms with E-state index in [1.807, 2.05) is 35.2 Å². The maximum atomic E-state index is 12.7. The summed E-state index contributed by atoms with van der Waals surface area (Å²) in [6.45, 7) is 2.43. The first-order valence-electron chi connectivity index (χ1n) is 7.76. The summed E-state index contributed by atoms with van der Waals surface area (Å²) >= 11 is 0. The molecule has 0 saturated carbocycles. The van der Waals surface area contributed by atoms with Crippen LogP contribution < -0.4 is 5.73 Å². The van der Waals surface area contributed by atoms with Crippen molar-refractivity contribution in [1.82, 2.24) is 4.90 Å². The van der Waals surface area contributed by atoms with Gasteiger partial charge in [-0.25, -0.2) is 0 Å². The van der Waals surface area contributed by atoms with Crippen LogP contribution in [0.2, 0.25) is 0 Å². The molecule has 0 aromatic heterocycles. The lowest BCUT2D eigenvalue weighted by Crippen LogP contribution is -2.40. The lowest BCUT2D eigenvalue weighted by molar-refractivity contribution is 0.0669. The molecule has 0 bridgehead atoms. The fourth-order valence-electron chi connectivity index (χ4n) is 3.23. The smallest absolute Gasteiger partial charge is 0.253 e. The molecule has 3 nitrogen and oxygen atoms in total. The molecule has 2 aromatic rings. The van der Waals surface area contributed by atoms with Crippen molar-refractivity contribution in [3.63, 3.8) is 0 Å². The number of piperidine rings is 1. The Bertz CT molecular complexity index is 636. The van der Waals surface area contributed by atoms with E-state index in [0.29, 0.717) is 12.5 Å². The van der Waals surface area contributed by atoms with Gasteiger partial charge in [0.05, 0.1) is 0 Å². The molecule has 1 amide bonds. The molecule has 0 aliphatic carbocycles. The van der Waals surface area contributed by atoms with Crippen molar-refractivity contribution in [3.05, 3.63) is 48.0 Å². The molecule has 1 aliphatic rings. The van der Waals surface area contributed by atoms with Gasteiger partial charge in [-0.3, -0.25) is 4.79 Å². The Labute approximate surface area is 125 Å². The first-order valence-corrected chi connectivity index (χ1v) is 7.76. The first kappa shape index (κ1) is 14.1. The number of carbonyl (C=O) groups excluding carboxylic acids is 1. The second-order valence-electron chi connectivity index (χ2n) is 5.90. The Balaban J connectivity index is 1.79. The van der Waals surface area contributed by atoms with Gasteiger partial charge in [-0.05, 0) is 54.6 Å². The van der Waals surface area contributed by atoms with Gasteiger partial charge < -0.3 is 10.6 Å². The van der Waals surface area contributed by atoms with Crippen LogP contribution in [0, 0.1) is 5.92 Å². The van der Waals surface area contributed by atoms with Gasteiger partial charge in [0, 0.05) is 18.7 Å². The lowest BCUT2D eigenvalue weighted by atomic mass is 9.94. The Morgan fingerprint density at radius 3 is 2.81 bits per heavy atom. The molecule has 21 heavy (non-hydrogen) atoms. The van der Waals surface area contributed by atoms with Crippen molar-refractivity contribution in [3.8, 4) is 0 Å². The predicted molar refractivity (Wildman–Crippen MR) is 86.2 cm³/mol. The molecule has 3 rings (SSSR count). The standard InChI is InChI=1S/C18H22N2O/c19-10-9-14-4-3-11-20(13-14)18(21)17-8-7-15-5-1-2-6-16(15)12-17/h1-2,5-8,12,14H,3-4,9-11,13,19H2. The van der Waals surface area contributed by atoms with Gasteiger partial charge in [0.2, 0.25) is 0 Å². The van der Waals surface area contributed by atoms with E-state index in [4.69, 9.17) is 5.73 Å². The molecule has 3 heteroatoms. The molecular weight excluding hydrogens is 260 g/mol. The minimum absolute atomic E-state index is 0.155. The van der Waals surface area contributed by atoms with Crippen molar-refractivity contribution in [2.45, 2.75) is 19.3 Å². The number of hydrogen-bond acceptors (Lipinski definition) is 2. The van der Waals surface area contributed by atoms with Crippen LogP contribution in [0.1, 0.15) is 29.6 Å². The number of carbonyl (C=O) groups is 1. The molecule has 0 radical (unpaired) electrons. The number of benzene rings is 2. The van der Waals surface area contributed by atoms with E-state index in [0.717, 1.165) is 36.9 Å². The quantitative estimate of drug-likeness (QED) is 0.940. The number of likely N-dealkylation sites (tertiary alicyclic amines) is 1. The second kappa shape index (κ2) is 6.27. The summed E-state index contributed by atoms with van der Waals surface area (Å²) in [6.07, 6.45) is 3.30. The van der Waals surface area contributed by atoms with Gasteiger partial charge in [0.15, 0.2) is 0 Å². The first-order chi connectivity index (χ1) is 10.3. The number of rotatable bonds is 3. The molecule has 1 atom stereocenters. The normalized spacial score (nSPS) is 18.9. The zero-order valence-corrected chi connectivity index (χ0v) is 12.3. The number of fused-ring (bicyclic) bond motifs is 1. The van der Waals surface area contributed by atoms with Crippen LogP contribution in [0.15, 0.2) is 42.5 Å². The molecular formula is C18H22N2O. The van der Waals surface area contributed by atoms with Crippen LogP contribution in [-0.2, 0) is 0 Å². The van der Waals surface area contributed by atoms with E-state index in [-0.39, 0.29) is 5.91 Å². The van der Waals surface area contributed by atoms with Gasteiger partial charge >= 0.3 is 0 Å². The SMILES string of the molecule is NCCC1CCCN(C(=O)c2ccc3ccccc3c2)C1. The third-order valence-corrected chi connectivity index (χ3v) is 4.38. The van der Waals surface area contributed by atoms with Crippen LogP contribution in [0.5, 0.6) is 0 Å². The van der Waals surface area contributed by atoms with Crippen LogP contribution in [0.4, 0.5) is 0 Å². The molecule has 2 N–H and O–H groups in total. The minimum atomic E-state index is 0.155. The van der Waals surface area contributed by atoms with E-state index >= 15 is 0 Å². The van der Waals surface area contributed by atoms with Gasteiger partial charge in [-0.15, -0.1) is 0 Å². The molecule has 1 aliphatic heterocycles. The molecule has 0 spiro atoms. The fraction of sp³-hybridized carbons (Fsp3) is 0.389. The van der Waals surface area contributed by atoms with Gasteiger partial charge in [-0.1, -0.05) is 30.3 Å².